The van der Waals surface area contributed by atoms with Crippen molar-refractivity contribution >= 4 is 7.12 Å². The Morgan fingerprint density at radius 1 is 0.913 bits per heavy atom. The predicted molar refractivity (Wildman–Crippen MR) is 94.7 cm³/mol. The molecule has 5 rings (SSSR count). The second-order valence-corrected chi connectivity index (χ2v) is 9.21. The normalized spacial score (nSPS) is 36.5. The lowest BCUT2D eigenvalue weighted by atomic mass is 9.23. The third-order valence-corrected chi connectivity index (χ3v) is 6.93. The summed E-state index contributed by atoms with van der Waals surface area (Å²) >= 11 is 0. The molecule has 0 spiro atoms. The highest BCUT2D eigenvalue weighted by molar-refractivity contribution is 6.51. The fraction of sp³-hybridized carbons (Fsp3) is 0.700. The molecule has 0 unspecified atom stereocenters. The van der Waals surface area contributed by atoms with E-state index >= 15 is 0 Å². The molecule has 23 heavy (non-hydrogen) atoms. The third kappa shape index (κ3) is 2.09. The highest BCUT2D eigenvalue weighted by Crippen LogP contribution is 2.80. The SMILES string of the molecule is CCCc1ccc(C23CC(B4OC(C)(C)C(C)(C)O4)(C2)C3)cc1. The highest BCUT2D eigenvalue weighted by atomic mass is 16.7. The van der Waals surface area contributed by atoms with Crippen molar-refractivity contribution in [1.29, 1.82) is 0 Å². The van der Waals surface area contributed by atoms with Gasteiger partial charge in [-0.1, -0.05) is 37.6 Å². The maximum Gasteiger partial charge on any atom is 0.464 e. The van der Waals surface area contributed by atoms with Gasteiger partial charge in [0.25, 0.3) is 0 Å². The lowest BCUT2D eigenvalue weighted by Crippen LogP contribution is -2.66. The Kier molecular flexibility index (Phi) is 3.17. The van der Waals surface area contributed by atoms with Crippen LogP contribution < -0.4 is 0 Å². The highest BCUT2D eigenvalue weighted by Gasteiger charge is 2.76. The quantitative estimate of drug-likeness (QED) is 0.736. The van der Waals surface area contributed by atoms with Crippen molar-refractivity contribution in [1.82, 2.24) is 0 Å². The fourth-order valence-corrected chi connectivity index (χ4v) is 4.83. The zero-order chi connectivity index (χ0) is 16.5. The first-order valence-corrected chi connectivity index (χ1v) is 9.17. The summed E-state index contributed by atoms with van der Waals surface area (Å²) in [5.74, 6) is 0. The van der Waals surface area contributed by atoms with Gasteiger partial charge in [-0.05, 0) is 69.9 Å². The molecule has 2 nitrogen and oxygen atoms in total. The van der Waals surface area contributed by atoms with Crippen LogP contribution in [0.4, 0.5) is 0 Å². The first-order valence-electron chi connectivity index (χ1n) is 9.17. The van der Waals surface area contributed by atoms with Crippen LogP contribution in [0.3, 0.4) is 0 Å². The molecule has 0 aromatic heterocycles. The molecule has 4 fully saturated rings. The number of rotatable bonds is 4. The lowest BCUT2D eigenvalue weighted by molar-refractivity contribution is -0.0383. The average molecular weight is 312 g/mol. The standard InChI is InChI=1S/C20H29BO2/c1-6-7-15-8-10-16(11-9-15)19-12-20(13-19,14-19)21-22-17(2,3)18(4,5)23-21/h8-11H,6-7,12-14H2,1-5H3. The van der Waals surface area contributed by atoms with Crippen molar-refractivity contribution in [2.75, 3.05) is 0 Å². The number of benzene rings is 1. The topological polar surface area (TPSA) is 18.5 Å². The van der Waals surface area contributed by atoms with E-state index < -0.39 is 0 Å². The molecule has 0 amide bonds. The summed E-state index contributed by atoms with van der Waals surface area (Å²) in [6, 6.07) is 9.36. The summed E-state index contributed by atoms with van der Waals surface area (Å²) in [5.41, 5.74) is 2.98. The van der Waals surface area contributed by atoms with Gasteiger partial charge in [0, 0.05) is 5.31 Å². The summed E-state index contributed by atoms with van der Waals surface area (Å²) in [6.45, 7) is 10.9. The van der Waals surface area contributed by atoms with Gasteiger partial charge in [0.15, 0.2) is 0 Å². The second-order valence-electron chi connectivity index (χ2n) is 9.21. The van der Waals surface area contributed by atoms with E-state index in [0.717, 1.165) is 0 Å². The Hall–Kier alpha value is -0.795. The fourth-order valence-electron chi connectivity index (χ4n) is 4.83. The zero-order valence-electron chi connectivity index (χ0n) is 15.2. The van der Waals surface area contributed by atoms with E-state index in [1.54, 1.807) is 0 Å². The van der Waals surface area contributed by atoms with Crippen LogP contribution >= 0.6 is 0 Å². The van der Waals surface area contributed by atoms with Crippen molar-refractivity contribution in [2.24, 2.45) is 0 Å². The van der Waals surface area contributed by atoms with Crippen LogP contribution in [0.2, 0.25) is 5.31 Å². The number of hydrogen-bond acceptors (Lipinski definition) is 2. The number of hydrogen-bond donors (Lipinski definition) is 0. The molecule has 3 aliphatic carbocycles. The molecule has 1 saturated heterocycles. The van der Waals surface area contributed by atoms with Crippen LogP contribution in [-0.4, -0.2) is 18.3 Å². The van der Waals surface area contributed by atoms with E-state index in [0.29, 0.717) is 5.41 Å². The maximum absolute atomic E-state index is 6.32. The van der Waals surface area contributed by atoms with Crippen molar-refractivity contribution in [2.45, 2.75) is 88.7 Å². The molecule has 0 N–H and O–H groups in total. The maximum atomic E-state index is 6.32. The van der Waals surface area contributed by atoms with Crippen molar-refractivity contribution in [3.63, 3.8) is 0 Å². The van der Waals surface area contributed by atoms with E-state index in [9.17, 15) is 0 Å². The zero-order valence-corrected chi connectivity index (χ0v) is 15.2. The van der Waals surface area contributed by atoms with Gasteiger partial charge < -0.3 is 9.31 Å². The molecule has 0 radical (unpaired) electrons. The molecule has 0 atom stereocenters. The van der Waals surface area contributed by atoms with Crippen molar-refractivity contribution in [3.8, 4) is 0 Å². The van der Waals surface area contributed by atoms with E-state index in [2.05, 4.69) is 58.9 Å². The molecule has 3 heteroatoms. The van der Waals surface area contributed by atoms with Crippen LogP contribution in [-0.2, 0) is 21.1 Å². The molecule has 1 aromatic rings. The van der Waals surface area contributed by atoms with Gasteiger partial charge in [-0.2, -0.15) is 0 Å². The minimum Gasteiger partial charge on any atom is -0.403 e. The predicted octanol–water partition coefficient (Wildman–Crippen LogP) is 4.91. The van der Waals surface area contributed by atoms with Gasteiger partial charge in [-0.15, -0.1) is 0 Å². The largest absolute Gasteiger partial charge is 0.464 e. The van der Waals surface area contributed by atoms with Crippen LogP contribution in [0.15, 0.2) is 24.3 Å². The van der Waals surface area contributed by atoms with Gasteiger partial charge in [0.1, 0.15) is 0 Å². The molecule has 2 bridgehead atoms. The number of aryl methyl sites for hydroxylation is 1. The minimum atomic E-state index is -0.206. The summed E-state index contributed by atoms with van der Waals surface area (Å²) in [5, 5.41) is 0.271. The summed E-state index contributed by atoms with van der Waals surface area (Å²) in [4.78, 5) is 0. The lowest BCUT2D eigenvalue weighted by Gasteiger charge is -2.71. The van der Waals surface area contributed by atoms with Crippen molar-refractivity contribution < 1.29 is 9.31 Å². The molecular weight excluding hydrogens is 283 g/mol. The summed E-state index contributed by atoms with van der Waals surface area (Å²) in [7, 11) is -0.0197. The molecule has 124 valence electrons. The smallest absolute Gasteiger partial charge is 0.403 e. The van der Waals surface area contributed by atoms with Gasteiger partial charge in [0.05, 0.1) is 11.2 Å². The second kappa shape index (κ2) is 4.64. The van der Waals surface area contributed by atoms with Gasteiger partial charge >= 0.3 is 7.12 Å². The van der Waals surface area contributed by atoms with Gasteiger partial charge in [-0.25, -0.2) is 0 Å². The molecule has 4 aliphatic rings. The van der Waals surface area contributed by atoms with Crippen LogP contribution in [0.25, 0.3) is 0 Å². The van der Waals surface area contributed by atoms with E-state index in [1.165, 1.54) is 43.2 Å². The Balaban J connectivity index is 1.45. The molecule has 1 aliphatic heterocycles. The molecule has 1 heterocycles. The van der Waals surface area contributed by atoms with Crippen LogP contribution in [0, 0.1) is 0 Å². The van der Waals surface area contributed by atoms with Crippen LogP contribution in [0.1, 0.15) is 71.4 Å². The Morgan fingerprint density at radius 3 is 1.91 bits per heavy atom. The third-order valence-electron chi connectivity index (χ3n) is 6.93. The van der Waals surface area contributed by atoms with E-state index in [-0.39, 0.29) is 23.6 Å². The molecule has 3 saturated carbocycles. The average Bonchev–Trinajstić information content (AvgIpc) is 2.57. The molecule has 1 aromatic carbocycles. The van der Waals surface area contributed by atoms with Gasteiger partial charge in [-0.3, -0.25) is 0 Å². The van der Waals surface area contributed by atoms with Gasteiger partial charge in [0.2, 0.25) is 0 Å². The summed E-state index contributed by atoms with van der Waals surface area (Å²) < 4.78 is 12.6. The van der Waals surface area contributed by atoms with Crippen molar-refractivity contribution in [3.05, 3.63) is 35.4 Å². The Bertz CT molecular complexity index is 581. The summed E-state index contributed by atoms with van der Waals surface area (Å²) in [6.07, 6.45) is 6.08. The molecular formula is C20H29BO2. The van der Waals surface area contributed by atoms with E-state index in [4.69, 9.17) is 9.31 Å². The first-order chi connectivity index (χ1) is 10.7. The first kappa shape index (κ1) is 15.7. The van der Waals surface area contributed by atoms with E-state index in [1.807, 2.05) is 0 Å². The Labute approximate surface area is 141 Å². The Morgan fingerprint density at radius 2 is 1.43 bits per heavy atom. The van der Waals surface area contributed by atoms with Crippen LogP contribution in [0.5, 0.6) is 0 Å². The monoisotopic (exact) mass is 312 g/mol. The minimum absolute atomic E-state index is 0.0197.